The van der Waals surface area contributed by atoms with Gasteiger partial charge >= 0.3 is 6.18 Å². The maximum Gasteiger partial charge on any atom is 0.411 e. The summed E-state index contributed by atoms with van der Waals surface area (Å²) >= 11 is 0. The molecular formula is C13H14F3N3O2. The van der Waals surface area contributed by atoms with E-state index < -0.39 is 12.8 Å². The van der Waals surface area contributed by atoms with Crippen LogP contribution < -0.4 is 5.73 Å². The molecule has 2 aromatic rings. The minimum absolute atomic E-state index is 0.0665. The van der Waals surface area contributed by atoms with Crippen LogP contribution in [0.4, 0.5) is 13.2 Å². The number of nitrogens with two attached hydrogens (primary N) is 1. The first-order chi connectivity index (χ1) is 9.99. The molecule has 0 aliphatic rings. The number of rotatable bonds is 6. The molecule has 0 radical (unpaired) electrons. The van der Waals surface area contributed by atoms with Gasteiger partial charge in [-0.25, -0.2) is 0 Å². The van der Waals surface area contributed by atoms with E-state index in [9.17, 15) is 13.2 Å². The van der Waals surface area contributed by atoms with Gasteiger partial charge in [0, 0.05) is 5.56 Å². The van der Waals surface area contributed by atoms with E-state index >= 15 is 0 Å². The van der Waals surface area contributed by atoms with Crippen molar-refractivity contribution in [3.05, 3.63) is 35.7 Å². The molecule has 0 bridgehead atoms. The quantitative estimate of drug-likeness (QED) is 0.886. The first kappa shape index (κ1) is 15.5. The van der Waals surface area contributed by atoms with Crippen LogP contribution in [0.2, 0.25) is 0 Å². The normalized spacial score (nSPS) is 11.8. The first-order valence-corrected chi connectivity index (χ1v) is 6.25. The molecule has 0 amide bonds. The van der Waals surface area contributed by atoms with Crippen LogP contribution in [-0.2, 0) is 17.8 Å². The van der Waals surface area contributed by atoms with Crippen LogP contribution >= 0.6 is 0 Å². The first-order valence-electron chi connectivity index (χ1n) is 6.25. The zero-order valence-electron chi connectivity index (χ0n) is 11.1. The summed E-state index contributed by atoms with van der Waals surface area (Å²) in [5.74, 6) is 0.307. The number of aromatic nitrogens is 2. The summed E-state index contributed by atoms with van der Waals surface area (Å²) in [7, 11) is 0. The second-order valence-electron chi connectivity index (χ2n) is 4.32. The third-order valence-corrected chi connectivity index (χ3v) is 2.63. The standard InChI is InChI=1S/C13H14F3N3O2/c14-13(15,16)8-20-7-11-18-12(21-19-11)10-4-2-1-3-9(10)5-6-17/h1-4H,5-8,17H2. The molecule has 1 aromatic carbocycles. The highest BCUT2D eigenvalue weighted by molar-refractivity contribution is 5.58. The fourth-order valence-electron chi connectivity index (χ4n) is 1.78. The molecule has 0 unspecified atom stereocenters. The molecule has 0 aliphatic carbocycles. The molecule has 8 heteroatoms. The zero-order valence-corrected chi connectivity index (χ0v) is 11.1. The molecule has 0 saturated carbocycles. The highest BCUT2D eigenvalue weighted by atomic mass is 19.4. The molecule has 0 aliphatic heterocycles. The van der Waals surface area contributed by atoms with Crippen LogP contribution in [0.5, 0.6) is 0 Å². The number of hydrogen-bond acceptors (Lipinski definition) is 5. The molecule has 1 aromatic heterocycles. The molecule has 0 fully saturated rings. The monoisotopic (exact) mass is 301 g/mol. The Bertz CT molecular complexity index is 584. The molecule has 0 atom stereocenters. The summed E-state index contributed by atoms with van der Waals surface area (Å²) in [5, 5.41) is 3.60. The molecule has 2 rings (SSSR count). The van der Waals surface area contributed by atoms with Crippen LogP contribution in [-0.4, -0.2) is 29.5 Å². The number of halogens is 3. The van der Waals surface area contributed by atoms with Gasteiger partial charge in [-0.15, -0.1) is 0 Å². The fraction of sp³-hybridized carbons (Fsp3) is 0.385. The van der Waals surface area contributed by atoms with Crippen LogP contribution in [0.25, 0.3) is 11.5 Å². The molecule has 21 heavy (non-hydrogen) atoms. The van der Waals surface area contributed by atoms with E-state index in [-0.39, 0.29) is 18.3 Å². The average molecular weight is 301 g/mol. The molecule has 5 nitrogen and oxygen atoms in total. The van der Waals surface area contributed by atoms with Crippen molar-refractivity contribution in [3.8, 4) is 11.5 Å². The van der Waals surface area contributed by atoms with E-state index in [1.54, 1.807) is 12.1 Å². The molecule has 0 spiro atoms. The summed E-state index contributed by atoms with van der Waals surface area (Å²) in [5.41, 5.74) is 7.18. The van der Waals surface area contributed by atoms with Crippen molar-refractivity contribution >= 4 is 0 Å². The van der Waals surface area contributed by atoms with Gasteiger partial charge in [0.2, 0.25) is 0 Å². The number of alkyl halides is 3. The van der Waals surface area contributed by atoms with Crippen molar-refractivity contribution in [3.63, 3.8) is 0 Å². The van der Waals surface area contributed by atoms with Crippen molar-refractivity contribution in [1.29, 1.82) is 0 Å². The highest BCUT2D eigenvalue weighted by Crippen LogP contribution is 2.22. The Labute approximate surface area is 118 Å². The Hall–Kier alpha value is -1.93. The van der Waals surface area contributed by atoms with E-state index in [0.29, 0.717) is 13.0 Å². The van der Waals surface area contributed by atoms with Crippen LogP contribution in [0, 0.1) is 0 Å². The number of hydrogen-bond donors (Lipinski definition) is 1. The Morgan fingerprint density at radius 2 is 2.00 bits per heavy atom. The van der Waals surface area contributed by atoms with Crippen molar-refractivity contribution in [1.82, 2.24) is 10.1 Å². The minimum Gasteiger partial charge on any atom is -0.364 e. The lowest BCUT2D eigenvalue weighted by Crippen LogP contribution is -2.16. The molecule has 0 saturated heterocycles. The van der Waals surface area contributed by atoms with E-state index in [1.165, 1.54) is 0 Å². The summed E-state index contributed by atoms with van der Waals surface area (Å²) in [6, 6.07) is 7.34. The second kappa shape index (κ2) is 6.68. The van der Waals surface area contributed by atoms with Gasteiger partial charge in [0.05, 0.1) is 0 Å². The smallest absolute Gasteiger partial charge is 0.364 e. The van der Waals surface area contributed by atoms with Crippen LogP contribution in [0.15, 0.2) is 28.8 Å². The van der Waals surface area contributed by atoms with Gasteiger partial charge in [-0.05, 0) is 24.6 Å². The van der Waals surface area contributed by atoms with Gasteiger partial charge in [-0.2, -0.15) is 18.2 Å². The van der Waals surface area contributed by atoms with E-state index in [2.05, 4.69) is 14.9 Å². The lowest BCUT2D eigenvalue weighted by Gasteiger charge is -2.05. The lowest BCUT2D eigenvalue weighted by molar-refractivity contribution is -0.177. The van der Waals surface area contributed by atoms with E-state index in [1.807, 2.05) is 12.1 Å². The summed E-state index contributed by atoms with van der Waals surface area (Å²) in [6.07, 6.45) is -3.74. The third kappa shape index (κ3) is 4.54. The van der Waals surface area contributed by atoms with E-state index in [4.69, 9.17) is 10.3 Å². The molecular weight excluding hydrogens is 287 g/mol. The zero-order chi connectivity index (χ0) is 15.3. The minimum atomic E-state index is -4.37. The molecule has 114 valence electrons. The van der Waals surface area contributed by atoms with Crippen molar-refractivity contribution in [2.75, 3.05) is 13.2 Å². The number of nitrogens with zero attached hydrogens (tertiary/aromatic N) is 2. The summed E-state index contributed by atoms with van der Waals surface area (Å²) in [4.78, 5) is 4.03. The lowest BCUT2D eigenvalue weighted by atomic mass is 10.0. The van der Waals surface area contributed by atoms with Gasteiger partial charge in [-0.3, -0.25) is 0 Å². The Balaban J connectivity index is 2.06. The molecule has 1 heterocycles. The van der Waals surface area contributed by atoms with Gasteiger partial charge in [0.25, 0.3) is 5.89 Å². The highest BCUT2D eigenvalue weighted by Gasteiger charge is 2.27. The molecule has 2 N–H and O–H groups in total. The number of benzene rings is 1. The van der Waals surface area contributed by atoms with Gasteiger partial charge in [0.1, 0.15) is 13.2 Å². The number of ether oxygens (including phenoxy) is 1. The van der Waals surface area contributed by atoms with Gasteiger partial charge < -0.3 is 15.0 Å². The van der Waals surface area contributed by atoms with Gasteiger partial charge in [0.15, 0.2) is 5.82 Å². The van der Waals surface area contributed by atoms with Crippen molar-refractivity contribution < 1.29 is 22.4 Å². The largest absolute Gasteiger partial charge is 0.411 e. The maximum atomic E-state index is 12.0. The fourth-order valence-corrected chi connectivity index (χ4v) is 1.78. The summed E-state index contributed by atoms with van der Waals surface area (Å²) < 4.78 is 45.4. The van der Waals surface area contributed by atoms with E-state index in [0.717, 1.165) is 11.1 Å². The van der Waals surface area contributed by atoms with Crippen molar-refractivity contribution in [2.45, 2.75) is 19.2 Å². The van der Waals surface area contributed by atoms with Crippen LogP contribution in [0.1, 0.15) is 11.4 Å². The SMILES string of the molecule is NCCc1ccccc1-c1nc(COCC(F)(F)F)no1. The second-order valence-corrected chi connectivity index (χ2v) is 4.32. The van der Waals surface area contributed by atoms with Gasteiger partial charge in [-0.1, -0.05) is 23.4 Å². The Morgan fingerprint density at radius 1 is 1.24 bits per heavy atom. The predicted molar refractivity (Wildman–Crippen MR) is 68.2 cm³/mol. The summed E-state index contributed by atoms with van der Waals surface area (Å²) in [6.45, 7) is -1.24. The predicted octanol–water partition coefficient (Wildman–Crippen LogP) is 2.32. The third-order valence-electron chi connectivity index (χ3n) is 2.63. The van der Waals surface area contributed by atoms with Crippen molar-refractivity contribution in [2.24, 2.45) is 5.73 Å². The van der Waals surface area contributed by atoms with Crippen LogP contribution in [0.3, 0.4) is 0 Å². The Morgan fingerprint density at radius 3 is 2.71 bits per heavy atom. The maximum absolute atomic E-state index is 12.0. The topological polar surface area (TPSA) is 74.2 Å². The Kier molecular flexibility index (Phi) is 4.92. The average Bonchev–Trinajstić information content (AvgIpc) is 2.87.